The second-order valence-corrected chi connectivity index (χ2v) is 7.72. The Hall–Kier alpha value is -1.11. The van der Waals surface area contributed by atoms with E-state index in [1.807, 2.05) is 7.05 Å². The van der Waals surface area contributed by atoms with Crippen molar-refractivity contribution in [1.29, 1.82) is 0 Å². The first-order chi connectivity index (χ1) is 10.1. The summed E-state index contributed by atoms with van der Waals surface area (Å²) in [5, 5.41) is 3.00. The van der Waals surface area contributed by atoms with Crippen LogP contribution in [-0.2, 0) is 10.0 Å². The molecule has 1 heterocycles. The largest absolute Gasteiger partial charge is 0.492 e. The van der Waals surface area contributed by atoms with Crippen molar-refractivity contribution in [1.82, 2.24) is 9.62 Å². The number of nitrogens with one attached hydrogen (secondary N) is 1. The molecule has 2 bridgehead atoms. The van der Waals surface area contributed by atoms with Crippen LogP contribution in [0.5, 0.6) is 5.75 Å². The highest BCUT2D eigenvalue weighted by Gasteiger charge is 2.44. The molecule has 116 valence electrons. The number of sulfonamides is 1. The van der Waals surface area contributed by atoms with Gasteiger partial charge in [0, 0.05) is 19.1 Å². The lowest BCUT2D eigenvalue weighted by Gasteiger charge is -2.26. The van der Waals surface area contributed by atoms with Crippen LogP contribution in [0.2, 0.25) is 0 Å². The van der Waals surface area contributed by atoms with Crippen molar-refractivity contribution in [3.63, 3.8) is 0 Å². The number of benzene rings is 1. The summed E-state index contributed by atoms with van der Waals surface area (Å²) in [6.45, 7) is 2.02. The van der Waals surface area contributed by atoms with Gasteiger partial charge in [-0.15, -0.1) is 0 Å². The lowest BCUT2D eigenvalue weighted by molar-refractivity contribution is 0.318. The topological polar surface area (TPSA) is 58.6 Å². The molecule has 1 aliphatic heterocycles. The van der Waals surface area contributed by atoms with Crippen LogP contribution in [0.4, 0.5) is 0 Å². The van der Waals surface area contributed by atoms with Crippen LogP contribution in [0.3, 0.4) is 0 Å². The molecule has 0 radical (unpaired) electrons. The quantitative estimate of drug-likeness (QED) is 0.808. The Balaban J connectivity index is 1.71. The van der Waals surface area contributed by atoms with Crippen molar-refractivity contribution >= 4 is 10.0 Å². The maximum Gasteiger partial charge on any atom is 0.243 e. The van der Waals surface area contributed by atoms with Gasteiger partial charge in [-0.05, 0) is 56.5 Å². The zero-order chi connectivity index (χ0) is 14.9. The molecule has 3 rings (SSSR count). The minimum Gasteiger partial charge on any atom is -0.492 e. The third kappa shape index (κ3) is 2.93. The molecule has 21 heavy (non-hydrogen) atoms. The van der Waals surface area contributed by atoms with E-state index in [2.05, 4.69) is 5.32 Å². The fourth-order valence-electron chi connectivity index (χ4n) is 3.29. The zero-order valence-corrected chi connectivity index (χ0v) is 13.1. The second kappa shape index (κ2) is 5.94. The monoisotopic (exact) mass is 310 g/mol. The molecule has 2 fully saturated rings. The summed E-state index contributed by atoms with van der Waals surface area (Å²) in [4.78, 5) is 0.371. The molecule has 5 nitrogen and oxygen atoms in total. The van der Waals surface area contributed by atoms with Gasteiger partial charge < -0.3 is 10.1 Å². The van der Waals surface area contributed by atoms with Gasteiger partial charge in [-0.2, -0.15) is 4.31 Å². The van der Waals surface area contributed by atoms with Crippen LogP contribution < -0.4 is 10.1 Å². The number of nitrogens with zero attached hydrogens (tertiary/aromatic N) is 1. The van der Waals surface area contributed by atoms with E-state index in [1.165, 1.54) is 6.42 Å². The Kier molecular flexibility index (Phi) is 4.19. The Morgan fingerprint density at radius 3 is 2.62 bits per heavy atom. The molecule has 2 aliphatic rings. The van der Waals surface area contributed by atoms with E-state index in [0.717, 1.165) is 19.4 Å². The maximum atomic E-state index is 12.7. The summed E-state index contributed by atoms with van der Waals surface area (Å²) in [7, 11) is -1.48. The number of fused-ring (bicyclic) bond motifs is 2. The van der Waals surface area contributed by atoms with E-state index in [4.69, 9.17) is 4.74 Å². The summed E-state index contributed by atoms with van der Waals surface area (Å²) < 4.78 is 32.6. The zero-order valence-electron chi connectivity index (χ0n) is 12.3. The molecule has 1 saturated carbocycles. The molecule has 6 heteroatoms. The average Bonchev–Trinajstić information content (AvgIpc) is 3.11. The molecule has 2 atom stereocenters. The molecule has 1 N–H and O–H groups in total. The molecular formula is C15H22N2O3S. The average molecular weight is 310 g/mol. The van der Waals surface area contributed by atoms with Crippen LogP contribution in [0.25, 0.3) is 0 Å². The summed E-state index contributed by atoms with van der Waals surface area (Å²) >= 11 is 0. The van der Waals surface area contributed by atoms with E-state index in [9.17, 15) is 8.42 Å². The summed E-state index contributed by atoms with van der Waals surface area (Å²) in [6.07, 6.45) is 3.22. The van der Waals surface area contributed by atoms with Crippen LogP contribution in [0.15, 0.2) is 29.2 Å². The molecule has 1 aliphatic carbocycles. The molecule has 0 spiro atoms. The number of likely N-dealkylation sites (N-methyl/N-ethyl adjacent to an activating group) is 1. The van der Waals surface area contributed by atoms with E-state index in [1.54, 1.807) is 28.6 Å². The lowest BCUT2D eigenvalue weighted by Crippen LogP contribution is -2.37. The van der Waals surface area contributed by atoms with Crippen LogP contribution >= 0.6 is 0 Å². The number of rotatable bonds is 6. The molecule has 1 aromatic rings. The Bertz CT molecular complexity index is 585. The maximum absolute atomic E-state index is 12.7. The van der Waals surface area contributed by atoms with E-state index in [0.29, 0.717) is 29.7 Å². The van der Waals surface area contributed by atoms with Crippen LogP contribution in [0, 0.1) is 5.92 Å². The smallest absolute Gasteiger partial charge is 0.243 e. The van der Waals surface area contributed by atoms with Gasteiger partial charge in [-0.1, -0.05) is 0 Å². The van der Waals surface area contributed by atoms with E-state index in [-0.39, 0.29) is 6.04 Å². The van der Waals surface area contributed by atoms with Gasteiger partial charge >= 0.3 is 0 Å². The van der Waals surface area contributed by atoms with Gasteiger partial charge in [0.25, 0.3) is 0 Å². The molecule has 0 amide bonds. The third-order valence-electron chi connectivity index (χ3n) is 4.41. The first-order valence-corrected chi connectivity index (χ1v) is 8.94. The molecule has 0 aromatic heterocycles. The first-order valence-electron chi connectivity index (χ1n) is 7.50. The minimum atomic E-state index is -3.35. The van der Waals surface area contributed by atoms with Crippen molar-refractivity contribution in [3.05, 3.63) is 24.3 Å². The Labute approximate surface area is 126 Å². The normalized spacial score (nSPS) is 25.4. The Morgan fingerprint density at radius 1 is 1.29 bits per heavy atom. The SMILES string of the molecule is CNCCOc1ccc(S(=O)(=O)N2CC3CCC2C3)cc1. The van der Waals surface area contributed by atoms with Gasteiger partial charge in [-0.25, -0.2) is 8.42 Å². The van der Waals surface area contributed by atoms with Gasteiger partial charge in [0.1, 0.15) is 12.4 Å². The van der Waals surface area contributed by atoms with Crippen molar-refractivity contribution in [2.24, 2.45) is 5.92 Å². The summed E-state index contributed by atoms with van der Waals surface area (Å²) in [5.41, 5.74) is 0. The van der Waals surface area contributed by atoms with Crippen molar-refractivity contribution in [2.75, 3.05) is 26.7 Å². The highest BCUT2D eigenvalue weighted by Crippen LogP contribution is 2.40. The number of ether oxygens (including phenoxy) is 1. The standard InChI is InChI=1S/C15H22N2O3S/c1-16-8-9-20-14-4-6-15(7-5-14)21(18,19)17-11-12-2-3-13(17)10-12/h4-7,12-13,16H,2-3,8-11H2,1H3. The molecule has 1 aromatic carbocycles. The van der Waals surface area contributed by atoms with Crippen LogP contribution in [0.1, 0.15) is 19.3 Å². The van der Waals surface area contributed by atoms with E-state index >= 15 is 0 Å². The highest BCUT2D eigenvalue weighted by atomic mass is 32.2. The lowest BCUT2D eigenvalue weighted by atomic mass is 10.1. The first kappa shape index (κ1) is 14.8. The predicted octanol–water partition coefficient (Wildman–Crippen LogP) is 1.46. The third-order valence-corrected chi connectivity index (χ3v) is 6.34. The summed E-state index contributed by atoms with van der Waals surface area (Å²) in [6, 6.07) is 6.98. The van der Waals surface area contributed by atoms with Crippen molar-refractivity contribution in [3.8, 4) is 5.75 Å². The van der Waals surface area contributed by atoms with E-state index < -0.39 is 10.0 Å². The molecule has 1 saturated heterocycles. The molecule has 2 unspecified atom stereocenters. The van der Waals surface area contributed by atoms with Gasteiger partial charge in [-0.3, -0.25) is 0 Å². The van der Waals surface area contributed by atoms with Crippen molar-refractivity contribution in [2.45, 2.75) is 30.2 Å². The van der Waals surface area contributed by atoms with Crippen molar-refractivity contribution < 1.29 is 13.2 Å². The Morgan fingerprint density at radius 2 is 2.05 bits per heavy atom. The minimum absolute atomic E-state index is 0.214. The van der Waals surface area contributed by atoms with Gasteiger partial charge in [0.2, 0.25) is 10.0 Å². The fourth-order valence-corrected chi connectivity index (χ4v) is 5.03. The van der Waals surface area contributed by atoms with Crippen LogP contribution in [-0.4, -0.2) is 45.5 Å². The van der Waals surface area contributed by atoms with Gasteiger partial charge in [0.05, 0.1) is 4.90 Å². The second-order valence-electron chi connectivity index (χ2n) is 5.83. The number of piperidine rings is 1. The fraction of sp³-hybridized carbons (Fsp3) is 0.600. The van der Waals surface area contributed by atoms with Gasteiger partial charge in [0.15, 0.2) is 0 Å². The molecular weight excluding hydrogens is 288 g/mol. The number of hydrogen-bond donors (Lipinski definition) is 1. The highest BCUT2D eigenvalue weighted by molar-refractivity contribution is 7.89. The number of hydrogen-bond acceptors (Lipinski definition) is 4. The predicted molar refractivity (Wildman–Crippen MR) is 80.9 cm³/mol. The summed E-state index contributed by atoms with van der Waals surface area (Å²) in [5.74, 6) is 1.26.